The Morgan fingerprint density at radius 1 is 1.00 bits per heavy atom. The minimum absolute atomic E-state index is 0.148. The fourth-order valence-electron chi connectivity index (χ4n) is 4.33. The fourth-order valence-corrected chi connectivity index (χ4v) is 4.33. The fraction of sp³-hybridized carbons (Fsp3) is 0.955. The van der Waals surface area contributed by atoms with Gasteiger partial charge in [-0.3, -0.25) is 0 Å². The van der Waals surface area contributed by atoms with E-state index < -0.39 is 42.1 Å². The average Bonchev–Trinajstić information content (AvgIpc) is 3.23. The van der Waals surface area contributed by atoms with Crippen LogP contribution in [-0.2, 0) is 38.0 Å². The van der Waals surface area contributed by atoms with E-state index in [1.165, 1.54) is 7.11 Å². The number of rotatable bonds is 7. The van der Waals surface area contributed by atoms with E-state index in [0.717, 1.165) is 0 Å². The van der Waals surface area contributed by atoms with Crippen LogP contribution in [-0.4, -0.2) is 97.4 Å². The van der Waals surface area contributed by atoms with Crippen LogP contribution in [0.3, 0.4) is 0 Å². The lowest BCUT2D eigenvalue weighted by Crippen LogP contribution is -2.54. The minimum atomic E-state index is -0.756. The maximum absolute atomic E-state index is 11.7. The smallest absolute Gasteiger partial charge is 0.338 e. The van der Waals surface area contributed by atoms with E-state index in [1.807, 2.05) is 13.8 Å². The molecule has 3 fully saturated rings. The highest BCUT2D eigenvalue weighted by Crippen LogP contribution is 2.36. The Kier molecular flexibility index (Phi) is 9.46. The van der Waals surface area contributed by atoms with Gasteiger partial charge in [-0.1, -0.05) is 13.8 Å². The zero-order valence-corrected chi connectivity index (χ0v) is 20.4. The Labute approximate surface area is 190 Å². The lowest BCUT2D eigenvalue weighted by atomic mass is 9.98. The van der Waals surface area contributed by atoms with Gasteiger partial charge in [-0.15, -0.1) is 0 Å². The Morgan fingerprint density at radius 2 is 1.62 bits per heavy atom. The molecule has 10 nitrogen and oxygen atoms in total. The first-order valence-electron chi connectivity index (χ1n) is 11.2. The Balaban J connectivity index is 0.000000227. The second-order valence-electron chi connectivity index (χ2n) is 9.10. The first-order valence-corrected chi connectivity index (χ1v) is 11.2. The average molecular weight is 465 g/mol. The quantitative estimate of drug-likeness (QED) is 0.530. The van der Waals surface area contributed by atoms with Crippen molar-refractivity contribution in [2.24, 2.45) is 0 Å². The van der Waals surface area contributed by atoms with E-state index in [4.69, 9.17) is 33.2 Å². The molecule has 3 aliphatic rings. The number of aliphatic hydroxyl groups is 2. The van der Waals surface area contributed by atoms with Crippen molar-refractivity contribution in [3.8, 4) is 0 Å². The molecule has 6 unspecified atom stereocenters. The maximum Gasteiger partial charge on any atom is 0.338 e. The number of aliphatic hydroxyl groups excluding tert-OH is 2. The van der Waals surface area contributed by atoms with E-state index in [1.54, 1.807) is 34.8 Å². The number of methoxy groups -OCH3 is 2. The summed E-state index contributed by atoms with van der Waals surface area (Å²) in [4.78, 5) is 11.7. The molecule has 3 saturated heterocycles. The summed E-state index contributed by atoms with van der Waals surface area (Å²) in [5.74, 6) is -1.86. The molecule has 3 heterocycles. The van der Waals surface area contributed by atoms with Gasteiger partial charge in [-0.05, 0) is 40.5 Å². The lowest BCUT2D eigenvalue weighted by Gasteiger charge is -2.35. The summed E-state index contributed by atoms with van der Waals surface area (Å²) in [6.07, 6.45) is -2.28. The second-order valence-corrected chi connectivity index (χ2v) is 9.10. The predicted molar refractivity (Wildman–Crippen MR) is 113 cm³/mol. The van der Waals surface area contributed by atoms with Gasteiger partial charge in [0.25, 0.3) is 0 Å². The molecule has 0 aliphatic carbocycles. The van der Waals surface area contributed by atoms with Gasteiger partial charge in [0.2, 0.25) is 0 Å². The van der Waals surface area contributed by atoms with Gasteiger partial charge in [0.05, 0.1) is 12.7 Å². The normalized spacial score (nSPS) is 37.1. The van der Waals surface area contributed by atoms with Crippen molar-refractivity contribution in [1.82, 2.24) is 0 Å². The molecule has 0 spiro atoms. The highest BCUT2D eigenvalue weighted by atomic mass is 16.8. The van der Waals surface area contributed by atoms with E-state index >= 15 is 0 Å². The molecular formula is C22H40O10. The topological polar surface area (TPSA) is 122 Å². The number of hydrogen-bond donors (Lipinski definition) is 2. The third kappa shape index (κ3) is 6.18. The SMILES string of the molecule is CC[C@@H]1OC(=O)C2OC(C)(C)OC2C1OC.CC[C@H](O)C(OC)C1OC(C)(C)OC1CO. The summed E-state index contributed by atoms with van der Waals surface area (Å²) in [5.41, 5.74) is 0. The third-order valence-corrected chi connectivity index (χ3v) is 5.79. The highest BCUT2D eigenvalue weighted by Gasteiger charge is 2.55. The summed E-state index contributed by atoms with van der Waals surface area (Å²) in [7, 11) is 3.12. The molecule has 3 aliphatic heterocycles. The van der Waals surface area contributed by atoms with E-state index in [0.29, 0.717) is 12.8 Å². The molecule has 3 rings (SSSR count). The number of carbonyl (C=O) groups is 1. The number of fused-ring (bicyclic) bond motifs is 1. The van der Waals surface area contributed by atoms with Crippen LogP contribution in [0.2, 0.25) is 0 Å². The monoisotopic (exact) mass is 464 g/mol. The van der Waals surface area contributed by atoms with Gasteiger partial charge in [-0.25, -0.2) is 4.79 Å². The van der Waals surface area contributed by atoms with Gasteiger partial charge >= 0.3 is 5.97 Å². The molecule has 0 amide bonds. The van der Waals surface area contributed by atoms with Crippen molar-refractivity contribution in [1.29, 1.82) is 0 Å². The lowest BCUT2D eigenvalue weighted by molar-refractivity contribution is -0.189. The third-order valence-electron chi connectivity index (χ3n) is 5.79. The number of esters is 1. The van der Waals surface area contributed by atoms with Crippen molar-refractivity contribution in [2.75, 3.05) is 20.8 Å². The summed E-state index contributed by atoms with van der Waals surface area (Å²) >= 11 is 0. The summed E-state index contributed by atoms with van der Waals surface area (Å²) in [6.45, 7) is 10.8. The Hall–Kier alpha value is -0.850. The molecule has 32 heavy (non-hydrogen) atoms. The zero-order valence-electron chi connectivity index (χ0n) is 20.4. The summed E-state index contributed by atoms with van der Waals surface area (Å²) < 4.78 is 38.3. The molecule has 0 bridgehead atoms. The standard InChI is InChI=1S/C11H18O5.C11H22O5/c1-5-6-7(13-4)8-9(10(12)14-6)16-11(2,3)15-8;1-5-7(13)9(14-4)10-8(6-12)15-11(2,3)16-10/h6-9H,5H2,1-4H3;7-10,12-13H,5-6H2,1-4H3/t6-,7?,8?,9?;7-,8?,9?,10?/m00/s1. The van der Waals surface area contributed by atoms with Crippen LogP contribution in [0.4, 0.5) is 0 Å². The van der Waals surface area contributed by atoms with Crippen LogP contribution in [0.25, 0.3) is 0 Å². The molecule has 0 radical (unpaired) electrons. The van der Waals surface area contributed by atoms with E-state index in [9.17, 15) is 15.0 Å². The van der Waals surface area contributed by atoms with Crippen LogP contribution >= 0.6 is 0 Å². The van der Waals surface area contributed by atoms with Crippen molar-refractivity contribution in [2.45, 2.75) is 115 Å². The Morgan fingerprint density at radius 3 is 2.12 bits per heavy atom. The van der Waals surface area contributed by atoms with Crippen molar-refractivity contribution < 1.29 is 48.2 Å². The summed E-state index contributed by atoms with van der Waals surface area (Å²) in [6, 6.07) is 0. The van der Waals surface area contributed by atoms with Crippen molar-refractivity contribution in [3.05, 3.63) is 0 Å². The van der Waals surface area contributed by atoms with Crippen LogP contribution in [0.5, 0.6) is 0 Å². The molecule has 188 valence electrons. The van der Waals surface area contributed by atoms with Crippen LogP contribution in [0.15, 0.2) is 0 Å². The molecule has 2 N–H and O–H groups in total. The number of ether oxygens (including phenoxy) is 7. The van der Waals surface area contributed by atoms with Crippen LogP contribution in [0.1, 0.15) is 54.4 Å². The van der Waals surface area contributed by atoms with Crippen LogP contribution < -0.4 is 0 Å². The van der Waals surface area contributed by atoms with Crippen LogP contribution in [0, 0.1) is 0 Å². The predicted octanol–water partition coefficient (Wildman–Crippen LogP) is 1.14. The van der Waals surface area contributed by atoms with Gasteiger partial charge < -0.3 is 43.4 Å². The first kappa shape index (κ1) is 27.4. The summed E-state index contributed by atoms with van der Waals surface area (Å²) in [5, 5.41) is 19.0. The number of carbonyl (C=O) groups excluding carboxylic acids is 1. The van der Waals surface area contributed by atoms with Gasteiger partial charge in [0.1, 0.15) is 36.6 Å². The van der Waals surface area contributed by atoms with E-state index in [2.05, 4.69) is 0 Å². The molecule has 0 aromatic carbocycles. The van der Waals surface area contributed by atoms with Crippen molar-refractivity contribution >= 4 is 5.97 Å². The molecular weight excluding hydrogens is 424 g/mol. The largest absolute Gasteiger partial charge is 0.458 e. The molecule has 0 aromatic heterocycles. The van der Waals surface area contributed by atoms with Gasteiger partial charge in [0.15, 0.2) is 17.7 Å². The molecule has 0 aromatic rings. The molecule has 8 atom stereocenters. The number of cyclic esters (lactones) is 1. The van der Waals surface area contributed by atoms with E-state index in [-0.39, 0.29) is 30.9 Å². The minimum Gasteiger partial charge on any atom is -0.458 e. The second kappa shape index (κ2) is 11.1. The highest BCUT2D eigenvalue weighted by molar-refractivity contribution is 5.77. The van der Waals surface area contributed by atoms with Gasteiger partial charge in [-0.2, -0.15) is 0 Å². The number of hydrogen-bond acceptors (Lipinski definition) is 10. The molecule has 0 saturated carbocycles. The Bertz CT molecular complexity index is 610. The maximum atomic E-state index is 11.7. The van der Waals surface area contributed by atoms with Gasteiger partial charge in [0, 0.05) is 14.2 Å². The zero-order chi connectivity index (χ0) is 24.3. The molecule has 10 heteroatoms. The first-order chi connectivity index (χ1) is 14.9. The van der Waals surface area contributed by atoms with Crippen molar-refractivity contribution in [3.63, 3.8) is 0 Å².